The standard InChI is InChI=1S/C16H16O.Pt/c1-2-11-17-15-10-9-13-6-3-5-12-7-4-8-14(15)16(12)13;/h3-10,15H,2,11H2,1H3;. The second-order valence-corrected chi connectivity index (χ2v) is 4.44. The van der Waals surface area contributed by atoms with Crippen molar-refractivity contribution in [3.8, 4) is 0 Å². The maximum atomic E-state index is 5.89. The molecule has 1 nitrogen and oxygen atoms in total. The molecule has 2 aromatic carbocycles. The Bertz CT molecular complexity index is 569. The van der Waals surface area contributed by atoms with E-state index in [4.69, 9.17) is 4.74 Å². The van der Waals surface area contributed by atoms with Gasteiger partial charge in [0.1, 0.15) is 6.10 Å². The van der Waals surface area contributed by atoms with Gasteiger partial charge in [-0.1, -0.05) is 55.5 Å². The number of ether oxygens (including phenoxy) is 1. The van der Waals surface area contributed by atoms with E-state index in [9.17, 15) is 0 Å². The predicted molar refractivity (Wildman–Crippen MR) is 72.0 cm³/mol. The number of hydrogen-bond donors (Lipinski definition) is 0. The maximum absolute atomic E-state index is 5.89. The zero-order chi connectivity index (χ0) is 11.7. The largest absolute Gasteiger partial charge is 0.369 e. The monoisotopic (exact) mass is 419 g/mol. The summed E-state index contributed by atoms with van der Waals surface area (Å²) in [5.74, 6) is 0. The summed E-state index contributed by atoms with van der Waals surface area (Å²) in [6.45, 7) is 2.95. The molecule has 3 rings (SSSR count). The van der Waals surface area contributed by atoms with Crippen LogP contribution in [0.3, 0.4) is 0 Å². The summed E-state index contributed by atoms with van der Waals surface area (Å²) in [5, 5.41) is 2.65. The molecule has 1 unspecified atom stereocenters. The molecular formula is C16H16OPt. The van der Waals surface area contributed by atoms with E-state index in [0.29, 0.717) is 0 Å². The number of benzene rings is 2. The zero-order valence-electron chi connectivity index (χ0n) is 10.3. The number of hydrogen-bond acceptors (Lipinski definition) is 1. The first-order chi connectivity index (χ1) is 8.40. The zero-order valence-corrected chi connectivity index (χ0v) is 12.6. The summed E-state index contributed by atoms with van der Waals surface area (Å²) >= 11 is 0. The Morgan fingerprint density at radius 1 is 1.11 bits per heavy atom. The third-order valence-electron chi connectivity index (χ3n) is 3.23. The molecule has 1 aliphatic rings. The minimum Gasteiger partial charge on any atom is -0.369 e. The molecule has 0 bridgehead atoms. The Balaban J connectivity index is 0.00000120. The van der Waals surface area contributed by atoms with Crippen LogP contribution in [0.4, 0.5) is 0 Å². The van der Waals surface area contributed by atoms with Gasteiger partial charge < -0.3 is 4.74 Å². The van der Waals surface area contributed by atoms with Crippen molar-refractivity contribution in [2.75, 3.05) is 6.61 Å². The van der Waals surface area contributed by atoms with Crippen molar-refractivity contribution in [2.45, 2.75) is 19.4 Å². The summed E-state index contributed by atoms with van der Waals surface area (Å²) in [6.07, 6.45) is 5.51. The van der Waals surface area contributed by atoms with Crippen LogP contribution in [-0.2, 0) is 25.8 Å². The van der Waals surface area contributed by atoms with Gasteiger partial charge in [-0.2, -0.15) is 0 Å². The molecule has 0 aliphatic heterocycles. The third-order valence-corrected chi connectivity index (χ3v) is 3.23. The van der Waals surface area contributed by atoms with Crippen LogP contribution in [0.1, 0.15) is 30.6 Å². The van der Waals surface area contributed by atoms with Crippen molar-refractivity contribution in [3.05, 3.63) is 53.6 Å². The van der Waals surface area contributed by atoms with Crippen molar-refractivity contribution in [1.82, 2.24) is 0 Å². The van der Waals surface area contributed by atoms with Gasteiger partial charge in [0.05, 0.1) is 0 Å². The second-order valence-electron chi connectivity index (χ2n) is 4.44. The molecule has 0 fully saturated rings. The van der Waals surface area contributed by atoms with E-state index >= 15 is 0 Å². The second kappa shape index (κ2) is 5.82. The molecule has 0 saturated carbocycles. The minimum absolute atomic E-state index is 0. The van der Waals surface area contributed by atoms with Crippen molar-refractivity contribution in [2.24, 2.45) is 0 Å². The van der Waals surface area contributed by atoms with E-state index < -0.39 is 0 Å². The van der Waals surface area contributed by atoms with Gasteiger partial charge in [-0.05, 0) is 28.3 Å². The Morgan fingerprint density at radius 3 is 2.67 bits per heavy atom. The Labute approximate surface area is 122 Å². The normalized spacial score (nSPS) is 16.6. The topological polar surface area (TPSA) is 9.23 Å². The molecule has 0 radical (unpaired) electrons. The molecule has 2 aromatic rings. The van der Waals surface area contributed by atoms with Gasteiger partial charge in [-0.25, -0.2) is 0 Å². The Kier molecular flexibility index (Phi) is 4.37. The average Bonchev–Trinajstić information content (AvgIpc) is 2.39. The smallest absolute Gasteiger partial charge is 0.102 e. The molecule has 18 heavy (non-hydrogen) atoms. The molecule has 0 spiro atoms. The molecule has 1 aliphatic carbocycles. The van der Waals surface area contributed by atoms with Gasteiger partial charge in [-0.3, -0.25) is 0 Å². The van der Waals surface area contributed by atoms with E-state index in [2.05, 4.69) is 55.5 Å². The maximum Gasteiger partial charge on any atom is 0.102 e. The van der Waals surface area contributed by atoms with Crippen LogP contribution in [0, 0.1) is 0 Å². The van der Waals surface area contributed by atoms with Crippen LogP contribution in [-0.4, -0.2) is 6.61 Å². The Morgan fingerprint density at radius 2 is 1.89 bits per heavy atom. The molecular weight excluding hydrogens is 403 g/mol. The van der Waals surface area contributed by atoms with Crippen LogP contribution < -0.4 is 0 Å². The van der Waals surface area contributed by atoms with Crippen molar-refractivity contribution >= 4 is 16.8 Å². The molecule has 2 heteroatoms. The SMILES string of the molecule is CCCOC1C=Cc2cccc3cccc1c23.[Pt]. The first-order valence-corrected chi connectivity index (χ1v) is 6.21. The minimum atomic E-state index is 0. The summed E-state index contributed by atoms with van der Waals surface area (Å²) in [4.78, 5) is 0. The van der Waals surface area contributed by atoms with Crippen LogP contribution in [0.15, 0.2) is 42.5 Å². The molecule has 0 heterocycles. The van der Waals surface area contributed by atoms with E-state index in [1.807, 2.05) is 0 Å². The van der Waals surface area contributed by atoms with Gasteiger partial charge in [0.25, 0.3) is 0 Å². The fourth-order valence-electron chi connectivity index (χ4n) is 2.46. The van der Waals surface area contributed by atoms with Crippen LogP contribution in [0.25, 0.3) is 16.8 Å². The molecule has 0 aromatic heterocycles. The van der Waals surface area contributed by atoms with Crippen LogP contribution in [0.2, 0.25) is 0 Å². The molecule has 0 amide bonds. The fraction of sp³-hybridized carbons (Fsp3) is 0.250. The summed E-state index contributed by atoms with van der Waals surface area (Å²) in [5.41, 5.74) is 2.60. The Hall–Kier alpha value is -0.912. The van der Waals surface area contributed by atoms with E-state index in [1.165, 1.54) is 21.9 Å². The first-order valence-electron chi connectivity index (χ1n) is 6.21. The quantitative estimate of drug-likeness (QED) is 0.720. The summed E-state index contributed by atoms with van der Waals surface area (Å²) in [6, 6.07) is 12.9. The van der Waals surface area contributed by atoms with E-state index in [1.54, 1.807) is 0 Å². The summed E-state index contributed by atoms with van der Waals surface area (Å²) in [7, 11) is 0. The average molecular weight is 419 g/mol. The van der Waals surface area contributed by atoms with Crippen LogP contribution in [0.5, 0.6) is 0 Å². The predicted octanol–water partition coefficient (Wildman–Crippen LogP) is 4.33. The van der Waals surface area contributed by atoms with Gasteiger partial charge in [0.15, 0.2) is 0 Å². The van der Waals surface area contributed by atoms with Gasteiger partial charge in [0.2, 0.25) is 0 Å². The fourth-order valence-corrected chi connectivity index (χ4v) is 2.46. The van der Waals surface area contributed by atoms with Crippen molar-refractivity contribution < 1.29 is 25.8 Å². The molecule has 1 atom stereocenters. The molecule has 0 N–H and O–H groups in total. The first kappa shape index (κ1) is 13.5. The van der Waals surface area contributed by atoms with Crippen LogP contribution >= 0.6 is 0 Å². The number of rotatable bonds is 3. The summed E-state index contributed by atoms with van der Waals surface area (Å²) < 4.78 is 5.89. The van der Waals surface area contributed by atoms with Gasteiger partial charge in [-0.15, -0.1) is 0 Å². The molecule has 0 saturated heterocycles. The van der Waals surface area contributed by atoms with Gasteiger partial charge in [0, 0.05) is 27.7 Å². The van der Waals surface area contributed by atoms with Gasteiger partial charge >= 0.3 is 0 Å². The van der Waals surface area contributed by atoms with E-state index in [0.717, 1.165) is 13.0 Å². The van der Waals surface area contributed by atoms with Crippen molar-refractivity contribution in [1.29, 1.82) is 0 Å². The third kappa shape index (κ3) is 2.30. The molecule has 96 valence electrons. The van der Waals surface area contributed by atoms with Crippen molar-refractivity contribution in [3.63, 3.8) is 0 Å². The van der Waals surface area contributed by atoms with E-state index in [-0.39, 0.29) is 27.2 Å².